The van der Waals surface area contributed by atoms with Crippen molar-refractivity contribution in [1.82, 2.24) is 4.98 Å². The van der Waals surface area contributed by atoms with E-state index in [0.717, 1.165) is 30.0 Å². The molecule has 3 heteroatoms. The SMILES string of the molecule is CCc1cc(CCl)cc(N(CC)C(C)C)n1. The molecule has 0 N–H and O–H groups in total. The van der Waals surface area contributed by atoms with Crippen LogP contribution in [0.25, 0.3) is 0 Å². The summed E-state index contributed by atoms with van der Waals surface area (Å²) in [6.07, 6.45) is 0.952. The standard InChI is InChI=1S/C13H21ClN2/c1-5-12-7-11(9-14)8-13(15-12)16(6-2)10(3)4/h7-8,10H,5-6,9H2,1-4H3. The van der Waals surface area contributed by atoms with E-state index in [1.54, 1.807) is 0 Å². The van der Waals surface area contributed by atoms with Crippen LogP contribution in [0.1, 0.15) is 39.0 Å². The lowest BCUT2D eigenvalue weighted by atomic mass is 10.2. The second-order valence-electron chi connectivity index (χ2n) is 4.19. The lowest BCUT2D eigenvalue weighted by Crippen LogP contribution is -2.31. The Morgan fingerprint density at radius 1 is 1.31 bits per heavy atom. The highest BCUT2D eigenvalue weighted by atomic mass is 35.5. The van der Waals surface area contributed by atoms with Crippen LogP contribution in [0.15, 0.2) is 12.1 Å². The van der Waals surface area contributed by atoms with Crippen LogP contribution in [0.5, 0.6) is 0 Å². The van der Waals surface area contributed by atoms with E-state index >= 15 is 0 Å². The van der Waals surface area contributed by atoms with E-state index in [9.17, 15) is 0 Å². The Kier molecular flexibility index (Phi) is 5.07. The van der Waals surface area contributed by atoms with Gasteiger partial charge in [-0.1, -0.05) is 6.92 Å². The molecule has 0 saturated heterocycles. The Balaban J connectivity index is 3.10. The summed E-state index contributed by atoms with van der Waals surface area (Å²) >= 11 is 5.91. The van der Waals surface area contributed by atoms with Gasteiger partial charge in [0.05, 0.1) is 0 Å². The molecule has 1 aromatic rings. The Morgan fingerprint density at radius 3 is 2.44 bits per heavy atom. The number of alkyl halides is 1. The molecular weight excluding hydrogens is 220 g/mol. The maximum Gasteiger partial charge on any atom is 0.129 e. The summed E-state index contributed by atoms with van der Waals surface area (Å²) in [5.41, 5.74) is 2.27. The number of aryl methyl sites for hydroxylation is 1. The second-order valence-corrected chi connectivity index (χ2v) is 4.46. The minimum atomic E-state index is 0.466. The number of halogens is 1. The third kappa shape index (κ3) is 3.11. The van der Waals surface area contributed by atoms with Crippen molar-refractivity contribution >= 4 is 17.4 Å². The number of hydrogen-bond donors (Lipinski definition) is 0. The van der Waals surface area contributed by atoms with Crippen molar-refractivity contribution in [3.8, 4) is 0 Å². The Hall–Kier alpha value is -0.760. The van der Waals surface area contributed by atoms with Gasteiger partial charge in [0.15, 0.2) is 0 Å². The molecule has 1 aromatic heterocycles. The van der Waals surface area contributed by atoms with Crippen molar-refractivity contribution < 1.29 is 0 Å². The molecule has 0 saturated carbocycles. The van der Waals surface area contributed by atoms with E-state index in [4.69, 9.17) is 11.6 Å². The number of hydrogen-bond acceptors (Lipinski definition) is 2. The zero-order chi connectivity index (χ0) is 12.1. The van der Waals surface area contributed by atoms with Crippen LogP contribution in [0.4, 0.5) is 5.82 Å². The molecule has 1 rings (SSSR count). The lowest BCUT2D eigenvalue weighted by Gasteiger charge is -2.27. The summed E-state index contributed by atoms with van der Waals surface area (Å²) in [7, 11) is 0. The summed E-state index contributed by atoms with van der Waals surface area (Å²) in [5.74, 6) is 1.60. The third-order valence-electron chi connectivity index (χ3n) is 2.70. The molecule has 0 spiro atoms. The predicted molar refractivity (Wildman–Crippen MR) is 71.3 cm³/mol. The zero-order valence-electron chi connectivity index (χ0n) is 10.6. The van der Waals surface area contributed by atoms with Crippen molar-refractivity contribution in [3.63, 3.8) is 0 Å². The van der Waals surface area contributed by atoms with Crippen molar-refractivity contribution in [2.75, 3.05) is 11.4 Å². The number of pyridine rings is 1. The van der Waals surface area contributed by atoms with Crippen LogP contribution >= 0.6 is 11.6 Å². The van der Waals surface area contributed by atoms with Gasteiger partial charge in [0, 0.05) is 24.2 Å². The van der Waals surface area contributed by atoms with Crippen molar-refractivity contribution in [2.45, 2.75) is 46.0 Å². The van der Waals surface area contributed by atoms with Gasteiger partial charge in [-0.25, -0.2) is 4.98 Å². The van der Waals surface area contributed by atoms with Gasteiger partial charge in [0.1, 0.15) is 5.82 Å². The highest BCUT2D eigenvalue weighted by Crippen LogP contribution is 2.19. The third-order valence-corrected chi connectivity index (χ3v) is 3.01. The van der Waals surface area contributed by atoms with Crippen LogP contribution in [0.2, 0.25) is 0 Å². The van der Waals surface area contributed by atoms with E-state index in [1.165, 1.54) is 0 Å². The molecule has 0 bridgehead atoms. The highest BCUT2D eigenvalue weighted by Gasteiger charge is 2.11. The average Bonchev–Trinajstić information content (AvgIpc) is 2.29. The Morgan fingerprint density at radius 2 is 2.00 bits per heavy atom. The van der Waals surface area contributed by atoms with Crippen LogP contribution in [0.3, 0.4) is 0 Å². The molecule has 0 aromatic carbocycles. The Labute approximate surface area is 104 Å². The summed E-state index contributed by atoms with van der Waals surface area (Å²) < 4.78 is 0. The molecular formula is C13H21ClN2. The maximum absolute atomic E-state index is 5.91. The topological polar surface area (TPSA) is 16.1 Å². The fraction of sp³-hybridized carbons (Fsp3) is 0.615. The van der Waals surface area contributed by atoms with Crippen molar-refractivity contribution in [3.05, 3.63) is 23.4 Å². The first-order chi connectivity index (χ1) is 7.62. The molecule has 0 fully saturated rings. The van der Waals surface area contributed by atoms with E-state index in [2.05, 4.69) is 49.7 Å². The summed E-state index contributed by atoms with van der Waals surface area (Å²) in [6.45, 7) is 9.62. The molecule has 0 amide bonds. The number of aromatic nitrogens is 1. The monoisotopic (exact) mass is 240 g/mol. The Bertz CT molecular complexity index is 314. The van der Waals surface area contributed by atoms with Gasteiger partial charge in [-0.15, -0.1) is 11.6 Å². The molecule has 0 atom stereocenters. The highest BCUT2D eigenvalue weighted by molar-refractivity contribution is 6.17. The molecule has 90 valence electrons. The minimum Gasteiger partial charge on any atom is -0.354 e. The predicted octanol–water partition coefficient (Wildman–Crippen LogP) is 3.62. The molecule has 1 heterocycles. The summed E-state index contributed by atoms with van der Waals surface area (Å²) in [4.78, 5) is 6.95. The van der Waals surface area contributed by atoms with Gasteiger partial charge in [0.2, 0.25) is 0 Å². The van der Waals surface area contributed by atoms with Crippen LogP contribution in [-0.4, -0.2) is 17.6 Å². The van der Waals surface area contributed by atoms with E-state index in [0.29, 0.717) is 11.9 Å². The largest absolute Gasteiger partial charge is 0.354 e. The first-order valence-electron chi connectivity index (χ1n) is 5.94. The fourth-order valence-corrected chi connectivity index (χ4v) is 1.98. The summed E-state index contributed by atoms with van der Waals surface area (Å²) in [6, 6.07) is 4.65. The van der Waals surface area contributed by atoms with Crippen LogP contribution in [0, 0.1) is 0 Å². The van der Waals surface area contributed by atoms with E-state index in [-0.39, 0.29) is 0 Å². The normalized spacial score (nSPS) is 10.9. The molecule has 16 heavy (non-hydrogen) atoms. The van der Waals surface area contributed by atoms with E-state index < -0.39 is 0 Å². The van der Waals surface area contributed by atoms with E-state index in [1.807, 2.05) is 0 Å². The van der Waals surface area contributed by atoms with Gasteiger partial charge in [-0.3, -0.25) is 0 Å². The molecule has 0 radical (unpaired) electrons. The number of rotatable bonds is 5. The zero-order valence-corrected chi connectivity index (χ0v) is 11.4. The smallest absolute Gasteiger partial charge is 0.129 e. The van der Waals surface area contributed by atoms with Crippen molar-refractivity contribution in [1.29, 1.82) is 0 Å². The fourth-order valence-electron chi connectivity index (χ4n) is 1.83. The number of anilines is 1. The average molecular weight is 241 g/mol. The molecule has 2 nitrogen and oxygen atoms in total. The summed E-state index contributed by atoms with van der Waals surface area (Å²) in [5, 5.41) is 0. The van der Waals surface area contributed by atoms with Gasteiger partial charge in [-0.2, -0.15) is 0 Å². The van der Waals surface area contributed by atoms with Gasteiger partial charge in [0.25, 0.3) is 0 Å². The maximum atomic E-state index is 5.91. The minimum absolute atomic E-state index is 0.466. The molecule has 0 aliphatic carbocycles. The van der Waals surface area contributed by atoms with Crippen LogP contribution < -0.4 is 4.90 Å². The quantitative estimate of drug-likeness (QED) is 0.731. The lowest BCUT2D eigenvalue weighted by molar-refractivity contribution is 0.690. The van der Waals surface area contributed by atoms with Crippen LogP contribution in [-0.2, 0) is 12.3 Å². The molecule has 0 aliphatic heterocycles. The first kappa shape index (κ1) is 13.3. The first-order valence-corrected chi connectivity index (χ1v) is 6.48. The van der Waals surface area contributed by atoms with Crippen molar-refractivity contribution in [2.24, 2.45) is 0 Å². The van der Waals surface area contributed by atoms with Gasteiger partial charge in [-0.05, 0) is 44.9 Å². The second kappa shape index (κ2) is 6.09. The number of nitrogens with zero attached hydrogens (tertiary/aromatic N) is 2. The van der Waals surface area contributed by atoms with Gasteiger partial charge < -0.3 is 4.90 Å². The molecule has 0 unspecified atom stereocenters. The van der Waals surface area contributed by atoms with Gasteiger partial charge >= 0.3 is 0 Å². The molecule has 0 aliphatic rings.